The molecule has 9 nitrogen and oxygen atoms in total. The summed E-state index contributed by atoms with van der Waals surface area (Å²) in [5.41, 5.74) is 2.16. The van der Waals surface area contributed by atoms with Crippen LogP contribution in [0.25, 0.3) is 0 Å². The number of carbonyl (C=O) groups is 3. The summed E-state index contributed by atoms with van der Waals surface area (Å²) in [4.78, 5) is 37.6. The molecule has 0 aliphatic carbocycles. The molecule has 0 saturated carbocycles. The van der Waals surface area contributed by atoms with Gasteiger partial charge < -0.3 is 15.8 Å². The lowest BCUT2D eigenvalue weighted by Crippen LogP contribution is -2.53. The number of rotatable bonds is 15. The summed E-state index contributed by atoms with van der Waals surface area (Å²) >= 11 is 1.32. The molecule has 1 aliphatic heterocycles. The molecular weight excluding hydrogens is 550 g/mol. The van der Waals surface area contributed by atoms with Crippen molar-refractivity contribution in [2.45, 2.75) is 81.1 Å². The lowest BCUT2D eigenvalue weighted by molar-refractivity contribution is -0.142. The number of Topliss-reactive ketones (excluding diaryl/α,β-unsaturated/α-hetero) is 1. The molecule has 216 valence electrons. The van der Waals surface area contributed by atoms with Crippen LogP contribution >= 0.6 is 11.8 Å². The van der Waals surface area contributed by atoms with Gasteiger partial charge in [-0.2, -0.15) is 4.31 Å². The zero-order chi connectivity index (χ0) is 29.3. The van der Waals surface area contributed by atoms with Crippen LogP contribution in [0.15, 0.2) is 59.5 Å². The molecule has 11 heteroatoms. The van der Waals surface area contributed by atoms with Gasteiger partial charge in [-0.3, -0.25) is 9.59 Å². The SMILES string of the molecule is CC(=N)CCCCCC(=O)Cc1ccc(CC(NC(=O)C2CSC(C)N2S(=O)(=O)c2ccccc2)C(=O)O)cc1. The monoisotopic (exact) mass is 587 g/mol. The van der Waals surface area contributed by atoms with E-state index in [-0.39, 0.29) is 22.9 Å². The normalized spacial score (nSPS) is 18.2. The van der Waals surface area contributed by atoms with Crippen molar-refractivity contribution in [2.24, 2.45) is 0 Å². The Morgan fingerprint density at radius 1 is 1.02 bits per heavy atom. The van der Waals surface area contributed by atoms with E-state index in [9.17, 15) is 27.9 Å². The lowest BCUT2D eigenvalue weighted by atomic mass is 10.00. The molecule has 1 saturated heterocycles. The molecule has 0 aromatic heterocycles. The Kier molecular flexibility index (Phi) is 11.5. The van der Waals surface area contributed by atoms with Crippen LogP contribution in [0, 0.1) is 5.41 Å². The van der Waals surface area contributed by atoms with Crippen molar-refractivity contribution in [3.8, 4) is 0 Å². The zero-order valence-electron chi connectivity index (χ0n) is 22.8. The van der Waals surface area contributed by atoms with E-state index >= 15 is 0 Å². The van der Waals surface area contributed by atoms with Crippen LogP contribution in [-0.2, 0) is 37.2 Å². The van der Waals surface area contributed by atoms with E-state index in [0.29, 0.717) is 24.1 Å². The van der Waals surface area contributed by atoms with Crippen LogP contribution in [0.3, 0.4) is 0 Å². The van der Waals surface area contributed by atoms with Crippen LogP contribution in [0.4, 0.5) is 0 Å². The predicted octanol–water partition coefficient (Wildman–Crippen LogP) is 4.05. The van der Waals surface area contributed by atoms with Crippen molar-refractivity contribution in [2.75, 3.05) is 5.75 Å². The molecule has 0 radical (unpaired) electrons. The maximum absolute atomic E-state index is 13.3. The van der Waals surface area contributed by atoms with E-state index in [1.807, 2.05) is 0 Å². The lowest BCUT2D eigenvalue weighted by Gasteiger charge is -2.27. The first kappa shape index (κ1) is 31.5. The molecule has 1 heterocycles. The first-order chi connectivity index (χ1) is 19.0. The minimum Gasteiger partial charge on any atom is -0.480 e. The van der Waals surface area contributed by atoms with Gasteiger partial charge in [-0.15, -0.1) is 11.8 Å². The van der Waals surface area contributed by atoms with Crippen molar-refractivity contribution < 1.29 is 27.9 Å². The molecule has 3 atom stereocenters. The highest BCUT2D eigenvalue weighted by atomic mass is 32.2. The number of ketones is 1. The second kappa shape index (κ2) is 14.6. The third-order valence-electron chi connectivity index (χ3n) is 6.77. The highest BCUT2D eigenvalue weighted by molar-refractivity contribution is 8.01. The van der Waals surface area contributed by atoms with E-state index < -0.39 is 39.4 Å². The number of hydrogen-bond donors (Lipinski definition) is 3. The summed E-state index contributed by atoms with van der Waals surface area (Å²) in [6.45, 7) is 3.49. The first-order valence-corrected chi connectivity index (χ1v) is 15.8. The van der Waals surface area contributed by atoms with E-state index in [1.165, 1.54) is 23.9 Å². The third kappa shape index (κ3) is 8.74. The molecule has 0 spiro atoms. The number of hydrogen-bond acceptors (Lipinski definition) is 7. The van der Waals surface area contributed by atoms with Gasteiger partial charge in [0.2, 0.25) is 15.9 Å². The Morgan fingerprint density at radius 2 is 1.65 bits per heavy atom. The van der Waals surface area contributed by atoms with Gasteiger partial charge in [0.25, 0.3) is 0 Å². The smallest absolute Gasteiger partial charge is 0.326 e. The summed E-state index contributed by atoms with van der Waals surface area (Å²) < 4.78 is 27.7. The topological polar surface area (TPSA) is 145 Å². The highest BCUT2D eigenvalue weighted by Crippen LogP contribution is 2.34. The number of thioether (sulfide) groups is 1. The summed E-state index contributed by atoms with van der Waals surface area (Å²) in [5, 5.41) is 19.3. The van der Waals surface area contributed by atoms with Gasteiger partial charge in [0, 0.05) is 30.7 Å². The van der Waals surface area contributed by atoms with E-state index in [1.54, 1.807) is 56.3 Å². The number of amides is 1. The highest BCUT2D eigenvalue weighted by Gasteiger charge is 2.45. The summed E-state index contributed by atoms with van der Waals surface area (Å²) in [5.74, 6) is -1.52. The zero-order valence-corrected chi connectivity index (χ0v) is 24.5. The molecule has 3 unspecified atom stereocenters. The van der Waals surface area contributed by atoms with Crippen LogP contribution in [0.2, 0.25) is 0 Å². The van der Waals surface area contributed by atoms with Crippen LogP contribution in [0.5, 0.6) is 0 Å². The van der Waals surface area contributed by atoms with E-state index in [0.717, 1.165) is 35.6 Å². The molecular formula is C29H37N3O6S2. The minimum atomic E-state index is -3.96. The van der Waals surface area contributed by atoms with Gasteiger partial charge in [0.05, 0.1) is 10.3 Å². The average molecular weight is 588 g/mol. The summed E-state index contributed by atoms with van der Waals surface area (Å²) in [6, 6.07) is 12.7. The van der Waals surface area contributed by atoms with Gasteiger partial charge in [0.15, 0.2) is 0 Å². The van der Waals surface area contributed by atoms with E-state index in [4.69, 9.17) is 5.41 Å². The van der Waals surface area contributed by atoms with Crippen molar-refractivity contribution >= 4 is 45.2 Å². The number of benzene rings is 2. The van der Waals surface area contributed by atoms with Crippen LogP contribution in [-0.4, -0.2) is 64.4 Å². The predicted molar refractivity (Wildman–Crippen MR) is 156 cm³/mol. The standard InChI is InChI=1S/C29H37N3O6S2/c1-20(30)9-5-3-6-10-24(33)17-22-13-15-23(16-14-22)18-26(29(35)36)31-28(34)27-19-39-21(2)32(27)40(37,38)25-11-7-4-8-12-25/h4,7-8,11-16,21,26-27,30H,3,5-6,9-10,17-19H2,1-2H3,(H,31,34)(H,35,36). The molecule has 0 bridgehead atoms. The Labute approximate surface area is 240 Å². The van der Waals surface area contributed by atoms with E-state index in [2.05, 4.69) is 5.32 Å². The van der Waals surface area contributed by atoms with Gasteiger partial charge >= 0.3 is 5.97 Å². The maximum Gasteiger partial charge on any atom is 0.326 e. The quantitative estimate of drug-likeness (QED) is 0.211. The molecule has 3 rings (SSSR count). The number of carboxylic acid groups (broad SMARTS) is 1. The maximum atomic E-state index is 13.3. The summed E-state index contributed by atoms with van der Waals surface area (Å²) in [6.07, 6.45) is 4.19. The second-order valence-corrected chi connectivity index (χ2v) is 13.3. The van der Waals surface area contributed by atoms with Crippen molar-refractivity contribution in [3.63, 3.8) is 0 Å². The number of carboxylic acids is 1. The van der Waals surface area contributed by atoms with Crippen molar-refractivity contribution in [1.82, 2.24) is 9.62 Å². The Bertz CT molecular complexity index is 1300. The van der Waals surface area contributed by atoms with Gasteiger partial charge in [-0.1, -0.05) is 48.9 Å². The van der Waals surface area contributed by atoms with Gasteiger partial charge in [-0.05, 0) is 56.4 Å². The fourth-order valence-electron chi connectivity index (χ4n) is 4.60. The number of aliphatic carboxylic acids is 1. The summed E-state index contributed by atoms with van der Waals surface area (Å²) in [7, 11) is -3.96. The second-order valence-electron chi connectivity index (χ2n) is 10.1. The largest absolute Gasteiger partial charge is 0.480 e. The third-order valence-corrected chi connectivity index (χ3v) is 10.1. The minimum absolute atomic E-state index is 0.0165. The van der Waals surface area contributed by atoms with Crippen LogP contribution < -0.4 is 5.32 Å². The average Bonchev–Trinajstić information content (AvgIpc) is 3.31. The fraction of sp³-hybridized carbons (Fsp3) is 0.448. The number of sulfonamides is 1. The fourth-order valence-corrected chi connectivity index (χ4v) is 7.93. The van der Waals surface area contributed by atoms with Crippen molar-refractivity contribution in [3.05, 3.63) is 65.7 Å². The number of nitrogens with zero attached hydrogens (tertiary/aromatic N) is 1. The number of carbonyl (C=O) groups excluding carboxylic acids is 2. The van der Waals surface area contributed by atoms with Crippen molar-refractivity contribution in [1.29, 1.82) is 5.41 Å². The molecule has 1 aliphatic rings. The number of unbranched alkanes of at least 4 members (excludes halogenated alkanes) is 2. The molecule has 40 heavy (non-hydrogen) atoms. The van der Waals surface area contributed by atoms with Gasteiger partial charge in [-0.25, -0.2) is 13.2 Å². The first-order valence-electron chi connectivity index (χ1n) is 13.4. The Hall–Kier alpha value is -3.02. The Balaban J connectivity index is 1.59. The molecule has 2 aromatic carbocycles. The molecule has 1 amide bonds. The molecule has 2 aromatic rings. The Morgan fingerprint density at radius 3 is 2.27 bits per heavy atom. The molecule has 3 N–H and O–H groups in total. The number of nitrogens with one attached hydrogen (secondary N) is 2. The van der Waals surface area contributed by atoms with Gasteiger partial charge in [0.1, 0.15) is 17.9 Å². The van der Waals surface area contributed by atoms with Crippen LogP contribution in [0.1, 0.15) is 57.1 Å². The molecule has 1 fully saturated rings.